The third-order valence-electron chi connectivity index (χ3n) is 5.12. The van der Waals surface area contributed by atoms with Crippen molar-refractivity contribution in [3.05, 3.63) is 48.9 Å². The average molecular weight is 520 g/mol. The van der Waals surface area contributed by atoms with E-state index >= 15 is 0 Å². The molecule has 204 valence electrons. The molecular weight excluding hydrogens is 482 g/mol. The minimum absolute atomic E-state index is 0.00857. The summed E-state index contributed by atoms with van der Waals surface area (Å²) in [6.45, 7) is 19.7. The molecule has 0 aliphatic carbocycles. The zero-order valence-electron chi connectivity index (χ0n) is 22.0. The van der Waals surface area contributed by atoms with Gasteiger partial charge in [-0.3, -0.25) is 9.80 Å². The van der Waals surface area contributed by atoms with Crippen LogP contribution in [0.25, 0.3) is 0 Å². The van der Waals surface area contributed by atoms with Crippen molar-refractivity contribution < 1.29 is 38.2 Å². The summed E-state index contributed by atoms with van der Waals surface area (Å²) in [6.07, 6.45) is 1.51. The molecule has 1 rings (SSSR count). The van der Waals surface area contributed by atoms with Gasteiger partial charge >= 0.3 is 30.0 Å². The van der Waals surface area contributed by atoms with E-state index in [1.807, 2.05) is 0 Å². The van der Waals surface area contributed by atoms with Crippen LogP contribution in [0.15, 0.2) is 48.9 Å². The van der Waals surface area contributed by atoms with Gasteiger partial charge in [0.05, 0.1) is 19.8 Å². The lowest BCUT2D eigenvalue weighted by Gasteiger charge is -2.42. The maximum Gasteiger partial charge on any atom is 0.333 e. The normalized spacial score (nSPS) is 13.4. The monoisotopic (exact) mass is 519 g/mol. The van der Waals surface area contributed by atoms with Crippen LogP contribution in [-0.4, -0.2) is 84.1 Å². The molecule has 11 nitrogen and oxygen atoms in total. The van der Waals surface area contributed by atoms with Crippen LogP contribution in [0, 0.1) is 0 Å². The minimum Gasteiger partial charge on any atom is -0.462 e. The van der Waals surface area contributed by atoms with E-state index in [9.17, 15) is 24.0 Å². The Bertz CT molecular complexity index is 899. The first-order valence-corrected chi connectivity index (χ1v) is 12.0. The summed E-state index contributed by atoms with van der Waals surface area (Å²) in [5.41, 5.74) is 0.815. The molecule has 1 aliphatic heterocycles. The lowest BCUT2D eigenvalue weighted by Crippen LogP contribution is -2.59. The Hall–Kier alpha value is -3.89. The standard InChI is InChI=1S/C26H37N3O8/c1-18(2)22(30)35-15-9-8-12-27-21(7)28(13-10-16-36-23(31)19(3)4)26(34)29(25(27)33)14-11-17-37-24(32)20(5)6/h1,3,5,7-17H2,2,4,6H3. The highest BCUT2D eigenvalue weighted by molar-refractivity contribution is 5.98. The highest BCUT2D eigenvalue weighted by Gasteiger charge is 2.39. The molecule has 0 aromatic carbocycles. The summed E-state index contributed by atoms with van der Waals surface area (Å²) >= 11 is 0. The van der Waals surface area contributed by atoms with Crippen LogP contribution >= 0.6 is 0 Å². The van der Waals surface area contributed by atoms with Crippen molar-refractivity contribution in [2.24, 2.45) is 0 Å². The molecule has 0 saturated carbocycles. The molecular formula is C26H37N3O8. The molecule has 1 saturated heterocycles. The predicted octanol–water partition coefficient (Wildman–Crippen LogP) is 3.54. The van der Waals surface area contributed by atoms with Gasteiger partial charge in [0.15, 0.2) is 0 Å². The van der Waals surface area contributed by atoms with Crippen LogP contribution < -0.4 is 0 Å². The maximum absolute atomic E-state index is 13.1. The van der Waals surface area contributed by atoms with Crippen LogP contribution in [0.2, 0.25) is 0 Å². The minimum atomic E-state index is -0.570. The van der Waals surface area contributed by atoms with Crippen molar-refractivity contribution in [1.82, 2.24) is 14.7 Å². The molecule has 0 atom stereocenters. The third-order valence-corrected chi connectivity index (χ3v) is 5.12. The van der Waals surface area contributed by atoms with Gasteiger partial charge in [-0.2, -0.15) is 0 Å². The summed E-state index contributed by atoms with van der Waals surface area (Å²) < 4.78 is 15.2. The van der Waals surface area contributed by atoms with E-state index in [2.05, 4.69) is 26.3 Å². The highest BCUT2D eigenvalue weighted by Crippen LogP contribution is 2.23. The Kier molecular flexibility index (Phi) is 12.9. The first-order chi connectivity index (χ1) is 17.4. The molecule has 0 radical (unpaired) electrons. The van der Waals surface area contributed by atoms with Crippen LogP contribution in [0.4, 0.5) is 9.59 Å². The van der Waals surface area contributed by atoms with E-state index in [0.29, 0.717) is 24.8 Å². The summed E-state index contributed by atoms with van der Waals surface area (Å²) in [5, 5.41) is 0. The molecule has 4 amide bonds. The second-order valence-corrected chi connectivity index (χ2v) is 8.60. The Balaban J connectivity index is 2.81. The molecule has 0 unspecified atom stereocenters. The number of unbranched alkanes of at least 4 members (excludes halogenated alkanes) is 1. The Morgan fingerprint density at radius 3 is 1.30 bits per heavy atom. The fourth-order valence-corrected chi connectivity index (χ4v) is 3.06. The number of nitrogens with zero attached hydrogens (tertiary/aromatic N) is 3. The topological polar surface area (TPSA) is 123 Å². The number of carbonyl (C=O) groups excluding carboxylic acids is 5. The van der Waals surface area contributed by atoms with E-state index in [1.165, 1.54) is 23.6 Å². The lowest BCUT2D eigenvalue weighted by atomic mass is 10.2. The molecule has 0 spiro atoms. The molecule has 0 bridgehead atoms. The SMILES string of the molecule is C=C(C)C(=O)OCCCCN1C(=C)N(CCCOC(=O)C(=C)C)C(=O)N(CCCOC(=O)C(=C)C)C1=O. The quantitative estimate of drug-likeness (QED) is 0.131. The Morgan fingerprint density at radius 1 is 0.595 bits per heavy atom. The van der Waals surface area contributed by atoms with E-state index < -0.39 is 30.0 Å². The number of hydrogen-bond donors (Lipinski definition) is 0. The molecule has 37 heavy (non-hydrogen) atoms. The molecule has 0 N–H and O–H groups in total. The molecule has 1 heterocycles. The average Bonchev–Trinajstić information content (AvgIpc) is 2.83. The number of imide groups is 1. The summed E-state index contributed by atoms with van der Waals surface area (Å²) in [7, 11) is 0. The second-order valence-electron chi connectivity index (χ2n) is 8.60. The first kappa shape index (κ1) is 31.1. The van der Waals surface area contributed by atoms with E-state index in [0.717, 1.165) is 4.90 Å². The van der Waals surface area contributed by atoms with Crippen LogP contribution in [0.1, 0.15) is 46.5 Å². The Labute approximate surface area is 218 Å². The zero-order valence-corrected chi connectivity index (χ0v) is 22.0. The molecule has 1 aliphatic rings. The van der Waals surface area contributed by atoms with E-state index in [4.69, 9.17) is 14.2 Å². The Morgan fingerprint density at radius 2 is 0.919 bits per heavy atom. The summed E-state index contributed by atoms with van der Waals surface area (Å²) in [5.74, 6) is -1.37. The van der Waals surface area contributed by atoms with Crippen molar-refractivity contribution in [3.63, 3.8) is 0 Å². The van der Waals surface area contributed by atoms with Gasteiger partial charge in [-0.15, -0.1) is 0 Å². The van der Waals surface area contributed by atoms with Gasteiger partial charge in [-0.25, -0.2) is 28.9 Å². The number of carbonyl (C=O) groups is 5. The van der Waals surface area contributed by atoms with Crippen molar-refractivity contribution in [2.45, 2.75) is 46.5 Å². The van der Waals surface area contributed by atoms with Gasteiger partial charge < -0.3 is 14.2 Å². The van der Waals surface area contributed by atoms with Crippen molar-refractivity contribution in [1.29, 1.82) is 0 Å². The number of urea groups is 2. The first-order valence-electron chi connectivity index (χ1n) is 12.0. The summed E-state index contributed by atoms with van der Waals surface area (Å²) in [4.78, 5) is 64.7. The highest BCUT2D eigenvalue weighted by atomic mass is 16.5. The van der Waals surface area contributed by atoms with Crippen molar-refractivity contribution in [2.75, 3.05) is 39.5 Å². The number of hydrogen-bond acceptors (Lipinski definition) is 8. The molecule has 0 aromatic rings. The van der Waals surface area contributed by atoms with Crippen molar-refractivity contribution in [3.8, 4) is 0 Å². The maximum atomic E-state index is 13.1. The molecule has 1 fully saturated rings. The van der Waals surface area contributed by atoms with Crippen LogP contribution in [-0.2, 0) is 28.6 Å². The van der Waals surface area contributed by atoms with E-state index in [1.54, 1.807) is 6.92 Å². The number of ether oxygens (including phenoxy) is 3. The zero-order chi connectivity index (χ0) is 28.1. The lowest BCUT2D eigenvalue weighted by molar-refractivity contribution is -0.140. The van der Waals surface area contributed by atoms with Gasteiger partial charge in [-0.1, -0.05) is 26.3 Å². The van der Waals surface area contributed by atoms with Crippen molar-refractivity contribution >= 4 is 30.0 Å². The van der Waals surface area contributed by atoms with Gasteiger partial charge in [0.25, 0.3) is 0 Å². The smallest absolute Gasteiger partial charge is 0.333 e. The molecule has 0 aromatic heterocycles. The van der Waals surface area contributed by atoms with Gasteiger partial charge in [0.2, 0.25) is 0 Å². The second kappa shape index (κ2) is 15.3. The van der Waals surface area contributed by atoms with Gasteiger partial charge in [0.1, 0.15) is 5.82 Å². The number of amides is 4. The van der Waals surface area contributed by atoms with Crippen LogP contribution in [0.5, 0.6) is 0 Å². The predicted molar refractivity (Wildman–Crippen MR) is 136 cm³/mol. The fraction of sp³-hybridized carbons (Fsp3) is 0.500. The largest absolute Gasteiger partial charge is 0.462 e. The number of esters is 3. The number of rotatable bonds is 16. The van der Waals surface area contributed by atoms with Crippen LogP contribution in [0.3, 0.4) is 0 Å². The van der Waals surface area contributed by atoms with E-state index in [-0.39, 0.29) is 62.8 Å². The fourth-order valence-electron chi connectivity index (χ4n) is 3.06. The third kappa shape index (κ3) is 9.94. The summed E-state index contributed by atoms with van der Waals surface area (Å²) in [6, 6.07) is -1.12. The van der Waals surface area contributed by atoms with Gasteiger partial charge in [-0.05, 0) is 46.5 Å². The van der Waals surface area contributed by atoms with Gasteiger partial charge in [0, 0.05) is 36.4 Å². The molecule has 11 heteroatoms.